The van der Waals surface area contributed by atoms with Crippen LogP contribution in [0.2, 0.25) is 10.0 Å². The number of nitro benzene ring substituents is 1. The molecule has 0 atom stereocenters. The number of hydrazine groups is 1. The zero-order valence-corrected chi connectivity index (χ0v) is 24.5. The van der Waals surface area contributed by atoms with Crippen LogP contribution in [-0.2, 0) is 11.0 Å². The lowest BCUT2D eigenvalue weighted by Crippen LogP contribution is -2.46. The quantitative estimate of drug-likeness (QED) is 0.114. The van der Waals surface area contributed by atoms with Gasteiger partial charge in [0.15, 0.2) is 4.32 Å². The molecule has 3 aromatic rings. The fourth-order valence-electron chi connectivity index (χ4n) is 3.31. The smallest absolute Gasteiger partial charge is 0.416 e. The van der Waals surface area contributed by atoms with E-state index in [2.05, 4.69) is 26.7 Å². The lowest BCUT2D eigenvalue weighted by Gasteiger charge is -2.16. The zero-order valence-electron chi connectivity index (χ0n) is 19.8. The van der Waals surface area contributed by atoms with Crippen LogP contribution in [0.3, 0.4) is 0 Å². The van der Waals surface area contributed by atoms with Crippen LogP contribution in [0.5, 0.6) is 11.5 Å². The number of thiocarbonyl (C=S) groups is 1. The molecule has 1 heterocycles. The number of carbonyl (C=O) groups excluding carboxylic acids is 2. The Kier molecular flexibility index (Phi) is 9.13. The lowest BCUT2D eigenvalue weighted by atomic mass is 10.1. The van der Waals surface area contributed by atoms with E-state index in [1.54, 1.807) is 0 Å². The van der Waals surface area contributed by atoms with E-state index >= 15 is 0 Å². The highest BCUT2D eigenvalue weighted by Gasteiger charge is 2.35. The summed E-state index contributed by atoms with van der Waals surface area (Å²) in [6.07, 6.45) is -3.44. The van der Waals surface area contributed by atoms with Gasteiger partial charge in [0.2, 0.25) is 5.75 Å². The molecule has 1 aliphatic rings. The van der Waals surface area contributed by atoms with Crippen molar-refractivity contribution in [2.75, 3.05) is 5.32 Å². The summed E-state index contributed by atoms with van der Waals surface area (Å²) >= 11 is 21.2. The fourth-order valence-corrected chi connectivity index (χ4v) is 5.15. The van der Waals surface area contributed by atoms with E-state index in [1.807, 2.05) is 0 Å². The van der Waals surface area contributed by atoms with Crippen LogP contribution < -0.4 is 15.5 Å². The SMILES string of the molecule is O=C(Nc1ccc(Cl)c(Cl)c1)NN1C(=O)/C(=C\c2cc(Br)ccc2Oc2ccc(C(F)(F)F)cc2[N+](=O)[O-])SC1=S. The summed E-state index contributed by atoms with van der Waals surface area (Å²) in [4.78, 5) is 36.1. The molecule has 212 valence electrons. The second kappa shape index (κ2) is 12.2. The Morgan fingerprint density at radius 2 is 1.80 bits per heavy atom. The molecule has 3 aromatic carbocycles. The van der Waals surface area contributed by atoms with Crippen molar-refractivity contribution in [1.82, 2.24) is 10.4 Å². The third kappa shape index (κ3) is 7.29. The summed E-state index contributed by atoms with van der Waals surface area (Å²) in [5.74, 6) is -1.16. The Morgan fingerprint density at radius 3 is 2.46 bits per heavy atom. The van der Waals surface area contributed by atoms with E-state index in [0.29, 0.717) is 22.3 Å². The van der Waals surface area contributed by atoms with Crippen molar-refractivity contribution in [3.05, 3.63) is 95.3 Å². The standard InChI is InChI=1S/C24H12BrCl2F3N4O5S2/c25-13-2-6-18(39-19-5-1-12(24(28,29)30)9-17(19)34(37)38)11(7-13)8-20-21(35)33(23(40)41-20)32-22(36)31-14-3-4-15(26)16(27)10-14/h1-10H,(H2,31,32,36)/b20-8+. The second-order valence-electron chi connectivity index (χ2n) is 7.93. The molecule has 17 heteroatoms. The molecule has 1 saturated heterocycles. The Morgan fingerprint density at radius 1 is 1.10 bits per heavy atom. The Hall–Kier alpha value is -3.37. The molecule has 0 aliphatic carbocycles. The first kappa shape index (κ1) is 30.6. The third-order valence-corrected chi connectivity index (χ3v) is 7.68. The lowest BCUT2D eigenvalue weighted by molar-refractivity contribution is -0.385. The monoisotopic (exact) mass is 706 g/mol. The van der Waals surface area contributed by atoms with Gasteiger partial charge in [-0.2, -0.15) is 18.2 Å². The van der Waals surface area contributed by atoms with Crippen molar-refractivity contribution in [1.29, 1.82) is 0 Å². The molecule has 0 radical (unpaired) electrons. The molecule has 0 unspecified atom stereocenters. The molecular formula is C24H12BrCl2F3N4O5S2. The molecule has 0 saturated carbocycles. The number of carbonyl (C=O) groups is 2. The number of benzene rings is 3. The van der Waals surface area contributed by atoms with Gasteiger partial charge < -0.3 is 10.1 Å². The Bertz CT molecular complexity index is 1640. The Labute approximate surface area is 256 Å². The zero-order chi connectivity index (χ0) is 30.1. The second-order valence-corrected chi connectivity index (χ2v) is 11.3. The van der Waals surface area contributed by atoms with E-state index in [1.165, 1.54) is 42.5 Å². The number of urea groups is 1. The normalized spacial score (nSPS) is 14.4. The minimum Gasteiger partial charge on any atom is -0.449 e. The van der Waals surface area contributed by atoms with Crippen molar-refractivity contribution in [2.45, 2.75) is 6.18 Å². The average molecular weight is 708 g/mol. The maximum Gasteiger partial charge on any atom is 0.416 e. The van der Waals surface area contributed by atoms with Gasteiger partial charge in [0, 0.05) is 21.8 Å². The number of nitrogens with zero attached hydrogens (tertiary/aromatic N) is 2. The Balaban J connectivity index is 1.58. The third-order valence-electron chi connectivity index (χ3n) is 5.15. The molecule has 2 N–H and O–H groups in total. The van der Waals surface area contributed by atoms with Crippen molar-refractivity contribution < 1.29 is 32.4 Å². The number of halogens is 6. The predicted molar refractivity (Wildman–Crippen MR) is 156 cm³/mol. The molecule has 4 rings (SSSR count). The van der Waals surface area contributed by atoms with Gasteiger partial charge in [-0.1, -0.05) is 50.9 Å². The number of anilines is 1. The first-order chi connectivity index (χ1) is 19.2. The summed E-state index contributed by atoms with van der Waals surface area (Å²) in [6, 6.07) is 9.88. The highest BCUT2D eigenvalue weighted by atomic mass is 79.9. The molecule has 1 fully saturated rings. The van der Waals surface area contributed by atoms with Crippen molar-refractivity contribution in [3.63, 3.8) is 0 Å². The number of nitrogens with one attached hydrogen (secondary N) is 2. The van der Waals surface area contributed by atoms with Gasteiger partial charge in [-0.25, -0.2) is 10.2 Å². The summed E-state index contributed by atoms with van der Waals surface area (Å²) in [7, 11) is 0. The number of hydrogen-bond acceptors (Lipinski definition) is 7. The van der Waals surface area contributed by atoms with Crippen LogP contribution in [0, 0.1) is 10.1 Å². The van der Waals surface area contributed by atoms with Crippen LogP contribution in [-0.4, -0.2) is 26.2 Å². The van der Waals surface area contributed by atoms with Gasteiger partial charge in [-0.3, -0.25) is 14.9 Å². The number of ether oxygens (including phenoxy) is 1. The molecule has 41 heavy (non-hydrogen) atoms. The van der Waals surface area contributed by atoms with Crippen molar-refractivity contribution in [2.24, 2.45) is 0 Å². The van der Waals surface area contributed by atoms with Crippen molar-refractivity contribution >= 4 is 96.8 Å². The molecule has 1 aliphatic heterocycles. The maximum atomic E-state index is 13.1. The van der Waals surface area contributed by atoms with Gasteiger partial charge in [0.1, 0.15) is 5.75 Å². The minimum atomic E-state index is -4.80. The first-order valence-corrected chi connectivity index (χ1v) is 13.6. The minimum absolute atomic E-state index is 0.00773. The van der Waals surface area contributed by atoms with Crippen LogP contribution in [0.1, 0.15) is 11.1 Å². The average Bonchev–Trinajstić information content (AvgIpc) is 3.14. The summed E-state index contributed by atoms with van der Waals surface area (Å²) in [5, 5.41) is 15.3. The number of thioether (sulfide) groups is 1. The van der Waals surface area contributed by atoms with Gasteiger partial charge in [0.25, 0.3) is 5.91 Å². The number of amides is 3. The summed E-state index contributed by atoms with van der Waals surface area (Å²) in [5.41, 5.74) is 0.734. The molecule has 9 nitrogen and oxygen atoms in total. The largest absolute Gasteiger partial charge is 0.449 e. The molecule has 0 aromatic heterocycles. The maximum absolute atomic E-state index is 13.1. The van der Waals surface area contributed by atoms with Crippen LogP contribution >= 0.6 is 63.1 Å². The van der Waals surface area contributed by atoms with Crippen LogP contribution in [0.15, 0.2) is 64.0 Å². The highest BCUT2D eigenvalue weighted by Crippen LogP contribution is 2.40. The van der Waals surface area contributed by atoms with Gasteiger partial charge in [-0.05, 0) is 66.8 Å². The van der Waals surface area contributed by atoms with E-state index in [-0.39, 0.29) is 30.6 Å². The van der Waals surface area contributed by atoms with Gasteiger partial charge >= 0.3 is 17.9 Å². The van der Waals surface area contributed by atoms with Crippen molar-refractivity contribution in [3.8, 4) is 11.5 Å². The summed E-state index contributed by atoms with van der Waals surface area (Å²) < 4.78 is 45.4. The van der Waals surface area contributed by atoms with Gasteiger partial charge in [-0.15, -0.1) is 0 Å². The van der Waals surface area contributed by atoms with E-state index in [0.717, 1.165) is 22.8 Å². The number of alkyl halides is 3. The van der Waals surface area contributed by atoms with E-state index < -0.39 is 40.0 Å². The van der Waals surface area contributed by atoms with Crippen LogP contribution in [0.25, 0.3) is 6.08 Å². The number of rotatable bonds is 6. The number of hydrogen-bond donors (Lipinski definition) is 2. The molecule has 3 amide bonds. The first-order valence-electron chi connectivity index (χ1n) is 10.9. The molecular weight excluding hydrogens is 696 g/mol. The number of nitro groups is 1. The molecule has 0 spiro atoms. The molecule has 0 bridgehead atoms. The van der Waals surface area contributed by atoms with E-state index in [9.17, 15) is 32.9 Å². The van der Waals surface area contributed by atoms with Crippen LogP contribution in [0.4, 0.5) is 29.3 Å². The topological polar surface area (TPSA) is 114 Å². The summed E-state index contributed by atoms with van der Waals surface area (Å²) in [6.45, 7) is 0. The highest BCUT2D eigenvalue weighted by molar-refractivity contribution is 9.10. The predicted octanol–water partition coefficient (Wildman–Crippen LogP) is 8.41. The van der Waals surface area contributed by atoms with Gasteiger partial charge in [0.05, 0.1) is 25.4 Å². The fraction of sp³-hybridized carbons (Fsp3) is 0.0417. The van der Waals surface area contributed by atoms with E-state index in [4.69, 9.17) is 40.2 Å².